The molecule has 0 saturated heterocycles. The molecule has 5 nitrogen and oxygen atoms in total. The summed E-state index contributed by atoms with van der Waals surface area (Å²) in [7, 11) is 4.65. The molecule has 0 saturated carbocycles. The minimum absolute atomic E-state index is 0.245. The van der Waals surface area contributed by atoms with Gasteiger partial charge in [-0.2, -0.15) is 0 Å². The number of esters is 1. The number of ether oxygens (including phenoxy) is 4. The molecule has 5 heteroatoms. The van der Waals surface area contributed by atoms with E-state index in [2.05, 4.69) is 4.74 Å². The van der Waals surface area contributed by atoms with Crippen LogP contribution in [0.5, 0.6) is 0 Å². The van der Waals surface area contributed by atoms with Crippen LogP contribution >= 0.6 is 0 Å². The predicted octanol–water partition coefficient (Wildman–Crippen LogP) is 0.475. The van der Waals surface area contributed by atoms with Crippen molar-refractivity contribution in [3.05, 3.63) is 0 Å². The standard InChI is InChI=1S/C6H14O3.C3H6O2/c1-7-3-5-9-6-4-8-2;1-3(4)5-2/h3-6H2,1-2H3;1-2H3. The Labute approximate surface area is 85.3 Å². The van der Waals surface area contributed by atoms with Crippen LogP contribution in [-0.2, 0) is 23.7 Å². The number of carbonyl (C=O) groups is 1. The summed E-state index contributed by atoms with van der Waals surface area (Å²) in [5.41, 5.74) is 0. The molecule has 0 unspecified atom stereocenters. The van der Waals surface area contributed by atoms with Crippen LogP contribution in [0.25, 0.3) is 0 Å². The van der Waals surface area contributed by atoms with Crippen molar-refractivity contribution >= 4 is 5.97 Å². The van der Waals surface area contributed by atoms with E-state index < -0.39 is 0 Å². The molecule has 0 aliphatic rings. The molecule has 0 aliphatic heterocycles. The van der Waals surface area contributed by atoms with Crippen LogP contribution in [-0.4, -0.2) is 53.7 Å². The molecule has 0 aromatic rings. The van der Waals surface area contributed by atoms with Gasteiger partial charge in [-0.25, -0.2) is 0 Å². The zero-order valence-electron chi connectivity index (χ0n) is 9.37. The Hall–Kier alpha value is -0.650. The van der Waals surface area contributed by atoms with Crippen LogP contribution in [0.3, 0.4) is 0 Å². The monoisotopic (exact) mass is 208 g/mol. The summed E-state index contributed by atoms with van der Waals surface area (Å²) in [4.78, 5) is 9.59. The van der Waals surface area contributed by atoms with Crippen molar-refractivity contribution in [2.24, 2.45) is 0 Å². The largest absolute Gasteiger partial charge is 0.469 e. The molecule has 0 aromatic heterocycles. The lowest BCUT2D eigenvalue weighted by Gasteiger charge is -2.00. The van der Waals surface area contributed by atoms with E-state index in [1.807, 2.05) is 0 Å². The molecule has 0 N–H and O–H groups in total. The van der Waals surface area contributed by atoms with Gasteiger partial charge in [0.1, 0.15) is 0 Å². The third-order valence-electron chi connectivity index (χ3n) is 1.15. The molecule has 0 amide bonds. The molecular weight excluding hydrogens is 188 g/mol. The maximum Gasteiger partial charge on any atom is 0.302 e. The molecule has 14 heavy (non-hydrogen) atoms. The second-order valence-electron chi connectivity index (χ2n) is 2.29. The Morgan fingerprint density at radius 3 is 1.50 bits per heavy atom. The molecule has 0 rings (SSSR count). The van der Waals surface area contributed by atoms with Gasteiger partial charge in [-0.15, -0.1) is 0 Å². The highest BCUT2D eigenvalue weighted by atomic mass is 16.5. The van der Waals surface area contributed by atoms with E-state index in [0.717, 1.165) is 0 Å². The van der Waals surface area contributed by atoms with E-state index in [1.165, 1.54) is 14.0 Å². The third kappa shape index (κ3) is 22.5. The lowest BCUT2D eigenvalue weighted by atomic mass is 10.7. The van der Waals surface area contributed by atoms with E-state index in [9.17, 15) is 4.79 Å². The van der Waals surface area contributed by atoms with Gasteiger partial charge < -0.3 is 18.9 Å². The molecule has 86 valence electrons. The highest BCUT2D eigenvalue weighted by Crippen LogP contribution is 1.75. The second-order valence-corrected chi connectivity index (χ2v) is 2.29. The minimum atomic E-state index is -0.245. The summed E-state index contributed by atoms with van der Waals surface area (Å²) in [5.74, 6) is -0.245. The number of rotatable bonds is 6. The highest BCUT2D eigenvalue weighted by Gasteiger charge is 1.84. The van der Waals surface area contributed by atoms with Gasteiger partial charge in [0.25, 0.3) is 0 Å². The Balaban J connectivity index is 0. The average molecular weight is 208 g/mol. The van der Waals surface area contributed by atoms with E-state index >= 15 is 0 Å². The fourth-order valence-electron chi connectivity index (χ4n) is 0.387. The van der Waals surface area contributed by atoms with Gasteiger partial charge in [-0.3, -0.25) is 4.79 Å². The zero-order valence-corrected chi connectivity index (χ0v) is 9.37. The molecule has 0 bridgehead atoms. The maximum atomic E-state index is 9.59. The molecule has 0 aliphatic carbocycles. The summed E-state index contributed by atoms with van der Waals surface area (Å²) in [6.45, 7) is 3.98. The molecular formula is C9H20O5. The summed E-state index contributed by atoms with van der Waals surface area (Å²) in [6, 6.07) is 0. The van der Waals surface area contributed by atoms with E-state index in [-0.39, 0.29) is 5.97 Å². The van der Waals surface area contributed by atoms with Crippen molar-refractivity contribution in [3.63, 3.8) is 0 Å². The maximum absolute atomic E-state index is 9.59. The van der Waals surface area contributed by atoms with Gasteiger partial charge in [0.05, 0.1) is 33.5 Å². The van der Waals surface area contributed by atoms with E-state index in [4.69, 9.17) is 14.2 Å². The van der Waals surface area contributed by atoms with E-state index in [0.29, 0.717) is 26.4 Å². The van der Waals surface area contributed by atoms with Crippen molar-refractivity contribution in [1.82, 2.24) is 0 Å². The number of hydrogen-bond donors (Lipinski definition) is 0. The van der Waals surface area contributed by atoms with Crippen LogP contribution in [0.4, 0.5) is 0 Å². The second kappa shape index (κ2) is 14.9. The summed E-state index contributed by atoms with van der Waals surface area (Å²) in [6.07, 6.45) is 0. The van der Waals surface area contributed by atoms with Crippen LogP contribution in [0.2, 0.25) is 0 Å². The number of carbonyl (C=O) groups excluding carboxylic acids is 1. The Morgan fingerprint density at radius 1 is 0.929 bits per heavy atom. The third-order valence-corrected chi connectivity index (χ3v) is 1.15. The Bertz CT molecular complexity index is 110. The average Bonchev–Trinajstić information content (AvgIpc) is 2.19. The summed E-state index contributed by atoms with van der Waals surface area (Å²) < 4.78 is 18.7. The van der Waals surface area contributed by atoms with E-state index in [1.54, 1.807) is 14.2 Å². The smallest absolute Gasteiger partial charge is 0.302 e. The fraction of sp³-hybridized carbons (Fsp3) is 0.889. The van der Waals surface area contributed by atoms with Gasteiger partial charge in [0.15, 0.2) is 0 Å². The van der Waals surface area contributed by atoms with Gasteiger partial charge in [0.2, 0.25) is 0 Å². The highest BCUT2D eigenvalue weighted by molar-refractivity contribution is 5.65. The van der Waals surface area contributed by atoms with Crippen LogP contribution < -0.4 is 0 Å². The van der Waals surface area contributed by atoms with Gasteiger partial charge in [0, 0.05) is 21.1 Å². The minimum Gasteiger partial charge on any atom is -0.469 e. The topological polar surface area (TPSA) is 54.0 Å². The Morgan fingerprint density at radius 2 is 1.29 bits per heavy atom. The molecule has 0 atom stereocenters. The molecule has 0 aromatic carbocycles. The first-order chi connectivity index (χ1) is 6.68. The van der Waals surface area contributed by atoms with Crippen molar-refractivity contribution in [2.75, 3.05) is 47.8 Å². The fourth-order valence-corrected chi connectivity index (χ4v) is 0.387. The van der Waals surface area contributed by atoms with Crippen LogP contribution in [0, 0.1) is 0 Å². The summed E-state index contributed by atoms with van der Waals surface area (Å²) in [5, 5.41) is 0. The SMILES string of the molecule is COC(C)=O.COCCOCCOC. The van der Waals surface area contributed by atoms with Crippen molar-refractivity contribution in [3.8, 4) is 0 Å². The van der Waals surface area contributed by atoms with Gasteiger partial charge in [-0.05, 0) is 0 Å². The van der Waals surface area contributed by atoms with Gasteiger partial charge >= 0.3 is 5.97 Å². The quantitative estimate of drug-likeness (QED) is 0.469. The number of methoxy groups -OCH3 is 3. The van der Waals surface area contributed by atoms with Crippen molar-refractivity contribution in [1.29, 1.82) is 0 Å². The molecule has 0 fully saturated rings. The lowest BCUT2D eigenvalue weighted by molar-refractivity contribution is -0.137. The number of hydrogen-bond acceptors (Lipinski definition) is 5. The molecule has 0 radical (unpaired) electrons. The zero-order chi connectivity index (χ0) is 11.2. The molecule has 0 spiro atoms. The predicted molar refractivity (Wildman–Crippen MR) is 52.3 cm³/mol. The van der Waals surface area contributed by atoms with Crippen LogP contribution in [0.15, 0.2) is 0 Å². The van der Waals surface area contributed by atoms with Crippen LogP contribution in [0.1, 0.15) is 6.92 Å². The summed E-state index contributed by atoms with van der Waals surface area (Å²) >= 11 is 0. The van der Waals surface area contributed by atoms with Crippen molar-refractivity contribution in [2.45, 2.75) is 6.92 Å². The lowest BCUT2D eigenvalue weighted by Crippen LogP contribution is -2.06. The Kier molecular flexibility index (Phi) is 16.8. The van der Waals surface area contributed by atoms with Crippen molar-refractivity contribution < 1.29 is 23.7 Å². The first-order valence-electron chi connectivity index (χ1n) is 4.29. The first kappa shape index (κ1) is 15.8. The normalized spacial score (nSPS) is 8.86. The van der Waals surface area contributed by atoms with Gasteiger partial charge in [-0.1, -0.05) is 0 Å². The molecule has 0 heterocycles. The first-order valence-corrected chi connectivity index (χ1v) is 4.29.